The summed E-state index contributed by atoms with van der Waals surface area (Å²) in [5, 5.41) is 22.7. The SMILES string of the molecule is COc1cc(N2CCCC2)c(OC)cc1/C=C(\C#N)C(=O)Nc1sc2c(c1C#N)CCCC2. The molecule has 7 nitrogen and oxygen atoms in total. The minimum absolute atomic E-state index is 0.0699. The molecule has 0 bridgehead atoms. The monoisotopic (exact) mass is 462 g/mol. The number of anilines is 2. The maximum atomic E-state index is 13.0. The van der Waals surface area contributed by atoms with Gasteiger partial charge in [0.25, 0.3) is 5.91 Å². The lowest BCUT2D eigenvalue weighted by Crippen LogP contribution is -2.18. The maximum absolute atomic E-state index is 13.0. The molecule has 2 aliphatic rings. The molecule has 1 aliphatic carbocycles. The molecule has 0 spiro atoms. The standard InChI is InChI=1S/C25H26N4O3S/c1-31-21-13-20(29-9-5-6-10-29)22(32-2)12-16(21)11-17(14-26)24(30)28-25-19(15-27)18-7-3-4-8-23(18)33-25/h11-13H,3-10H2,1-2H3,(H,28,30)/b17-11+. The molecule has 2 aromatic rings. The first kappa shape index (κ1) is 22.7. The number of nitrogens with one attached hydrogen (secondary N) is 1. The van der Waals surface area contributed by atoms with E-state index >= 15 is 0 Å². The highest BCUT2D eigenvalue weighted by Crippen LogP contribution is 2.39. The largest absolute Gasteiger partial charge is 0.496 e. The number of fused-ring (bicyclic) bond motifs is 1. The fourth-order valence-corrected chi connectivity index (χ4v) is 5.70. The van der Waals surface area contributed by atoms with Crippen molar-refractivity contribution in [3.63, 3.8) is 0 Å². The normalized spacial score (nSPS) is 15.4. The van der Waals surface area contributed by atoms with Crippen LogP contribution in [0.4, 0.5) is 10.7 Å². The van der Waals surface area contributed by atoms with Crippen LogP contribution in [0.2, 0.25) is 0 Å². The van der Waals surface area contributed by atoms with Gasteiger partial charge in [0.1, 0.15) is 34.2 Å². The number of aryl methyl sites for hydroxylation is 1. The second-order valence-electron chi connectivity index (χ2n) is 8.11. The molecule has 1 aromatic carbocycles. The van der Waals surface area contributed by atoms with Crippen molar-refractivity contribution < 1.29 is 14.3 Å². The van der Waals surface area contributed by atoms with Crippen molar-refractivity contribution in [2.24, 2.45) is 0 Å². The Morgan fingerprint density at radius 3 is 2.48 bits per heavy atom. The molecule has 1 N–H and O–H groups in total. The molecule has 1 fully saturated rings. The van der Waals surface area contributed by atoms with Gasteiger partial charge in [-0.25, -0.2) is 0 Å². The molecule has 0 radical (unpaired) electrons. The number of thiophene rings is 1. The second kappa shape index (κ2) is 9.97. The van der Waals surface area contributed by atoms with E-state index in [0.29, 0.717) is 27.6 Å². The van der Waals surface area contributed by atoms with Crippen LogP contribution in [0.15, 0.2) is 17.7 Å². The number of ether oxygens (including phenoxy) is 2. The first-order valence-electron chi connectivity index (χ1n) is 11.1. The van der Waals surface area contributed by atoms with Crippen molar-refractivity contribution in [3.05, 3.63) is 39.3 Å². The highest BCUT2D eigenvalue weighted by Gasteiger charge is 2.24. The number of hydrogen-bond donors (Lipinski definition) is 1. The van der Waals surface area contributed by atoms with Gasteiger partial charge < -0.3 is 19.7 Å². The maximum Gasteiger partial charge on any atom is 0.266 e. The minimum Gasteiger partial charge on any atom is -0.496 e. The van der Waals surface area contributed by atoms with Crippen molar-refractivity contribution in [1.29, 1.82) is 10.5 Å². The summed E-state index contributed by atoms with van der Waals surface area (Å²) >= 11 is 1.44. The third kappa shape index (κ3) is 4.53. The Labute approximate surface area is 197 Å². The quantitative estimate of drug-likeness (QED) is 0.495. The summed E-state index contributed by atoms with van der Waals surface area (Å²) in [6.45, 7) is 1.90. The summed E-state index contributed by atoms with van der Waals surface area (Å²) in [6, 6.07) is 7.91. The molecule has 1 saturated heterocycles. The van der Waals surface area contributed by atoms with Gasteiger partial charge in [-0.1, -0.05) is 0 Å². The molecule has 0 atom stereocenters. The number of carbonyl (C=O) groups is 1. The fourth-order valence-electron chi connectivity index (χ4n) is 4.47. The number of nitrogens with zero attached hydrogens (tertiary/aromatic N) is 3. The van der Waals surface area contributed by atoms with E-state index < -0.39 is 5.91 Å². The van der Waals surface area contributed by atoms with Gasteiger partial charge in [-0.05, 0) is 56.2 Å². The van der Waals surface area contributed by atoms with Crippen LogP contribution in [0.25, 0.3) is 6.08 Å². The molecule has 8 heteroatoms. The summed E-state index contributed by atoms with van der Waals surface area (Å²) in [5.74, 6) is 0.680. The summed E-state index contributed by atoms with van der Waals surface area (Å²) in [6.07, 6.45) is 7.67. The number of rotatable bonds is 6. The van der Waals surface area contributed by atoms with E-state index in [2.05, 4.69) is 16.3 Å². The lowest BCUT2D eigenvalue weighted by Gasteiger charge is -2.22. The third-order valence-electron chi connectivity index (χ3n) is 6.15. The van der Waals surface area contributed by atoms with Crippen LogP contribution in [-0.2, 0) is 17.6 Å². The van der Waals surface area contributed by atoms with Gasteiger partial charge in [0, 0.05) is 29.6 Å². The Kier molecular flexibility index (Phi) is 6.86. The molecule has 1 amide bonds. The van der Waals surface area contributed by atoms with E-state index in [1.165, 1.54) is 17.4 Å². The molecule has 0 unspecified atom stereocenters. The summed E-state index contributed by atoms with van der Waals surface area (Å²) in [4.78, 5) is 16.4. The average molecular weight is 463 g/mol. The van der Waals surface area contributed by atoms with Gasteiger partial charge in [-0.2, -0.15) is 10.5 Å². The Hall–Kier alpha value is -3.49. The van der Waals surface area contributed by atoms with E-state index in [0.717, 1.165) is 67.7 Å². The number of nitriles is 2. The first-order chi connectivity index (χ1) is 16.1. The van der Waals surface area contributed by atoms with Crippen molar-refractivity contribution >= 4 is 34.0 Å². The Bertz CT molecular complexity index is 1180. The third-order valence-corrected chi connectivity index (χ3v) is 7.36. The highest BCUT2D eigenvalue weighted by atomic mass is 32.1. The number of benzene rings is 1. The summed E-state index contributed by atoms with van der Waals surface area (Å²) < 4.78 is 11.2. The summed E-state index contributed by atoms with van der Waals surface area (Å²) in [7, 11) is 3.17. The average Bonchev–Trinajstić information content (AvgIpc) is 3.49. The van der Waals surface area contributed by atoms with Crippen LogP contribution < -0.4 is 19.7 Å². The lowest BCUT2D eigenvalue weighted by molar-refractivity contribution is -0.112. The van der Waals surface area contributed by atoms with Gasteiger partial charge in [-0.15, -0.1) is 11.3 Å². The molecule has 2 heterocycles. The van der Waals surface area contributed by atoms with E-state index in [1.54, 1.807) is 20.3 Å². The Morgan fingerprint density at radius 1 is 1.09 bits per heavy atom. The Morgan fingerprint density at radius 2 is 1.82 bits per heavy atom. The predicted octanol–water partition coefficient (Wildman–Crippen LogP) is 4.66. The van der Waals surface area contributed by atoms with Crippen LogP contribution >= 0.6 is 11.3 Å². The van der Waals surface area contributed by atoms with Gasteiger partial charge in [-0.3, -0.25) is 4.79 Å². The van der Waals surface area contributed by atoms with E-state index in [9.17, 15) is 15.3 Å². The summed E-state index contributed by atoms with van der Waals surface area (Å²) in [5.41, 5.74) is 3.01. The fraction of sp³-hybridized carbons (Fsp3) is 0.400. The predicted molar refractivity (Wildman–Crippen MR) is 129 cm³/mol. The smallest absolute Gasteiger partial charge is 0.266 e. The minimum atomic E-state index is -0.544. The van der Waals surface area contributed by atoms with Crippen LogP contribution in [0.1, 0.15) is 47.3 Å². The van der Waals surface area contributed by atoms with Crippen LogP contribution in [0, 0.1) is 22.7 Å². The number of amides is 1. The molecule has 33 heavy (non-hydrogen) atoms. The molecular weight excluding hydrogens is 436 g/mol. The number of hydrogen-bond acceptors (Lipinski definition) is 7. The van der Waals surface area contributed by atoms with E-state index in [1.807, 2.05) is 12.1 Å². The van der Waals surface area contributed by atoms with Gasteiger partial charge in [0.2, 0.25) is 0 Å². The van der Waals surface area contributed by atoms with Crippen molar-refractivity contribution in [2.75, 3.05) is 37.5 Å². The number of carbonyl (C=O) groups excluding carboxylic acids is 1. The van der Waals surface area contributed by atoms with Gasteiger partial charge in [0.15, 0.2) is 0 Å². The van der Waals surface area contributed by atoms with Crippen LogP contribution in [0.3, 0.4) is 0 Å². The molecular formula is C25H26N4O3S. The van der Waals surface area contributed by atoms with Crippen molar-refractivity contribution in [2.45, 2.75) is 38.5 Å². The van der Waals surface area contributed by atoms with Crippen molar-refractivity contribution in [3.8, 4) is 23.6 Å². The zero-order valence-corrected chi connectivity index (χ0v) is 19.7. The van der Waals surface area contributed by atoms with Gasteiger partial charge in [0.05, 0.1) is 25.5 Å². The number of methoxy groups -OCH3 is 2. The van der Waals surface area contributed by atoms with Crippen LogP contribution in [0.5, 0.6) is 11.5 Å². The highest BCUT2D eigenvalue weighted by molar-refractivity contribution is 7.16. The zero-order chi connectivity index (χ0) is 23.4. The second-order valence-corrected chi connectivity index (χ2v) is 9.22. The van der Waals surface area contributed by atoms with E-state index in [-0.39, 0.29) is 5.57 Å². The molecule has 1 aromatic heterocycles. The lowest BCUT2D eigenvalue weighted by atomic mass is 9.96. The van der Waals surface area contributed by atoms with E-state index in [4.69, 9.17) is 9.47 Å². The first-order valence-corrected chi connectivity index (χ1v) is 11.9. The topological polar surface area (TPSA) is 98.4 Å². The van der Waals surface area contributed by atoms with Gasteiger partial charge >= 0.3 is 0 Å². The molecule has 0 saturated carbocycles. The van der Waals surface area contributed by atoms with Crippen LogP contribution in [-0.4, -0.2) is 33.2 Å². The Balaban J connectivity index is 1.65. The zero-order valence-electron chi connectivity index (χ0n) is 18.9. The van der Waals surface area contributed by atoms with Crippen molar-refractivity contribution in [1.82, 2.24) is 0 Å². The molecule has 4 rings (SSSR count). The molecule has 170 valence electrons. The molecule has 1 aliphatic heterocycles.